The highest BCUT2D eigenvalue weighted by molar-refractivity contribution is 7.78. The van der Waals surface area contributed by atoms with Crippen LogP contribution >= 0.6 is 23.8 Å². The summed E-state index contributed by atoms with van der Waals surface area (Å²) in [4.78, 5) is 3.88. The number of pyridine rings is 1. The van der Waals surface area contributed by atoms with Gasteiger partial charge in [-0.15, -0.1) is 5.10 Å². The average molecular weight is 186 g/mol. The smallest absolute Gasteiger partial charge is 0.148 e. The second kappa shape index (κ2) is 4.03. The Kier molecular flexibility index (Phi) is 2.98. The Balaban J connectivity index is 2.79. The standard InChI is InChI=1S/C6H4ClN3S/c7-5-2-1-3-6(9-5)10-8-4-11/h1-3H,(H,9,10). The van der Waals surface area contributed by atoms with Crippen molar-refractivity contribution in [1.82, 2.24) is 4.98 Å². The number of rotatable bonds is 2. The zero-order valence-electron chi connectivity index (χ0n) is 5.41. The average Bonchev–Trinajstić information content (AvgIpc) is 2.01. The maximum absolute atomic E-state index is 5.58. The van der Waals surface area contributed by atoms with E-state index in [0.717, 1.165) is 0 Å². The number of isothiocyanates is 1. The summed E-state index contributed by atoms with van der Waals surface area (Å²) in [7, 11) is 0. The van der Waals surface area contributed by atoms with Crippen LogP contribution in [0.15, 0.2) is 23.3 Å². The Morgan fingerprint density at radius 2 is 2.45 bits per heavy atom. The van der Waals surface area contributed by atoms with Crippen molar-refractivity contribution in [3.05, 3.63) is 23.4 Å². The molecule has 0 aliphatic rings. The molecule has 1 N–H and O–H groups in total. The number of hydrogen-bond donors (Lipinski definition) is 1. The Labute approximate surface area is 74.1 Å². The summed E-state index contributed by atoms with van der Waals surface area (Å²) in [5, 5.41) is 6.04. The zero-order valence-corrected chi connectivity index (χ0v) is 6.99. The number of hydrazone groups is 1. The Morgan fingerprint density at radius 3 is 3.09 bits per heavy atom. The largest absolute Gasteiger partial charge is 0.252 e. The van der Waals surface area contributed by atoms with Crippen molar-refractivity contribution in [1.29, 1.82) is 0 Å². The minimum Gasteiger partial charge on any atom is -0.252 e. The third-order valence-corrected chi connectivity index (χ3v) is 1.23. The molecule has 0 atom stereocenters. The molecule has 56 valence electrons. The first-order valence-electron chi connectivity index (χ1n) is 2.78. The van der Waals surface area contributed by atoms with Gasteiger partial charge in [0.05, 0.1) is 5.16 Å². The van der Waals surface area contributed by atoms with Gasteiger partial charge in [-0.1, -0.05) is 17.7 Å². The molecule has 0 aliphatic carbocycles. The van der Waals surface area contributed by atoms with Crippen LogP contribution in [0.5, 0.6) is 0 Å². The van der Waals surface area contributed by atoms with Crippen LogP contribution in [0.25, 0.3) is 0 Å². The van der Waals surface area contributed by atoms with Crippen LogP contribution < -0.4 is 5.43 Å². The summed E-state index contributed by atoms with van der Waals surface area (Å²) >= 11 is 9.93. The number of thiocarbonyl (C=S) groups is 1. The molecule has 0 bridgehead atoms. The molecule has 0 saturated carbocycles. The van der Waals surface area contributed by atoms with E-state index >= 15 is 0 Å². The van der Waals surface area contributed by atoms with Crippen molar-refractivity contribution in [3.8, 4) is 0 Å². The van der Waals surface area contributed by atoms with Gasteiger partial charge in [-0.2, -0.15) is 0 Å². The summed E-state index contributed by atoms with van der Waals surface area (Å²) in [6.45, 7) is 0. The van der Waals surface area contributed by atoms with Crippen LogP contribution in [-0.4, -0.2) is 10.1 Å². The van der Waals surface area contributed by atoms with E-state index in [9.17, 15) is 0 Å². The molecule has 0 unspecified atom stereocenters. The first-order valence-corrected chi connectivity index (χ1v) is 3.57. The van der Waals surface area contributed by atoms with E-state index in [1.54, 1.807) is 18.2 Å². The van der Waals surface area contributed by atoms with Gasteiger partial charge in [-0.05, 0) is 24.4 Å². The highest BCUT2D eigenvalue weighted by atomic mass is 35.5. The van der Waals surface area contributed by atoms with Crippen LogP contribution in [0.1, 0.15) is 0 Å². The van der Waals surface area contributed by atoms with Crippen molar-refractivity contribution in [2.45, 2.75) is 0 Å². The number of anilines is 1. The van der Waals surface area contributed by atoms with Crippen LogP contribution in [0.3, 0.4) is 0 Å². The first-order chi connectivity index (χ1) is 5.33. The lowest BCUT2D eigenvalue weighted by atomic mass is 10.5. The van der Waals surface area contributed by atoms with Gasteiger partial charge < -0.3 is 0 Å². The van der Waals surface area contributed by atoms with E-state index in [1.165, 1.54) is 0 Å². The van der Waals surface area contributed by atoms with E-state index in [2.05, 4.69) is 32.9 Å². The lowest BCUT2D eigenvalue weighted by Gasteiger charge is -1.95. The van der Waals surface area contributed by atoms with E-state index in [1.807, 2.05) is 0 Å². The van der Waals surface area contributed by atoms with E-state index < -0.39 is 0 Å². The molecule has 1 rings (SSSR count). The third kappa shape index (κ3) is 2.63. The maximum Gasteiger partial charge on any atom is 0.148 e. The van der Waals surface area contributed by atoms with Crippen molar-refractivity contribution in [2.24, 2.45) is 5.10 Å². The van der Waals surface area contributed by atoms with Gasteiger partial charge in [-0.25, -0.2) is 4.98 Å². The molecule has 5 heteroatoms. The Hall–Kier alpha value is -0.960. The summed E-state index contributed by atoms with van der Waals surface area (Å²) < 4.78 is 0. The van der Waals surface area contributed by atoms with Crippen molar-refractivity contribution in [2.75, 3.05) is 5.43 Å². The molecule has 0 radical (unpaired) electrons. The topological polar surface area (TPSA) is 37.3 Å². The van der Waals surface area contributed by atoms with E-state index in [-0.39, 0.29) is 0 Å². The SMILES string of the molecule is S=C=NNc1cccc(Cl)n1. The van der Waals surface area contributed by atoms with E-state index in [0.29, 0.717) is 11.0 Å². The number of hydrogen-bond acceptors (Lipinski definition) is 4. The summed E-state index contributed by atoms with van der Waals surface area (Å²) in [6, 6.07) is 5.16. The minimum atomic E-state index is 0.412. The molecular weight excluding hydrogens is 182 g/mol. The van der Waals surface area contributed by atoms with Gasteiger partial charge >= 0.3 is 0 Å². The molecular formula is C6H4ClN3S. The zero-order chi connectivity index (χ0) is 8.10. The number of halogens is 1. The minimum absolute atomic E-state index is 0.412. The molecule has 0 aliphatic heterocycles. The number of nitrogens with one attached hydrogen (secondary N) is 1. The lowest BCUT2D eigenvalue weighted by molar-refractivity contribution is 1.23. The van der Waals surface area contributed by atoms with Gasteiger partial charge in [0.15, 0.2) is 0 Å². The highest BCUT2D eigenvalue weighted by Gasteiger charge is 1.90. The normalized spacial score (nSPS) is 8.45. The second-order valence-electron chi connectivity index (χ2n) is 1.66. The molecule has 0 amide bonds. The summed E-state index contributed by atoms with van der Waals surface area (Å²) in [5.74, 6) is 0.551. The van der Waals surface area contributed by atoms with E-state index in [4.69, 9.17) is 11.6 Å². The van der Waals surface area contributed by atoms with Gasteiger partial charge in [0.1, 0.15) is 11.0 Å². The molecule has 11 heavy (non-hydrogen) atoms. The van der Waals surface area contributed by atoms with Crippen LogP contribution in [0.2, 0.25) is 5.15 Å². The Morgan fingerprint density at radius 1 is 1.64 bits per heavy atom. The summed E-state index contributed by atoms with van der Waals surface area (Å²) in [5.41, 5.74) is 2.55. The molecule has 1 aromatic rings. The predicted molar refractivity (Wildman–Crippen MR) is 47.9 cm³/mol. The molecule has 0 aromatic carbocycles. The molecule has 0 spiro atoms. The summed E-state index contributed by atoms with van der Waals surface area (Å²) in [6.07, 6.45) is 0. The maximum atomic E-state index is 5.58. The van der Waals surface area contributed by atoms with Gasteiger partial charge in [0.2, 0.25) is 0 Å². The van der Waals surface area contributed by atoms with Crippen LogP contribution in [0.4, 0.5) is 5.82 Å². The van der Waals surface area contributed by atoms with Gasteiger partial charge in [-0.3, -0.25) is 5.43 Å². The van der Waals surface area contributed by atoms with Crippen LogP contribution in [-0.2, 0) is 0 Å². The highest BCUT2D eigenvalue weighted by Crippen LogP contribution is 2.08. The number of nitrogens with zero attached hydrogens (tertiary/aromatic N) is 2. The molecule has 1 aromatic heterocycles. The monoisotopic (exact) mass is 185 g/mol. The molecule has 1 heterocycles. The van der Waals surface area contributed by atoms with Crippen molar-refractivity contribution < 1.29 is 0 Å². The fraction of sp³-hybridized carbons (Fsp3) is 0. The van der Waals surface area contributed by atoms with Gasteiger partial charge in [0, 0.05) is 0 Å². The lowest BCUT2D eigenvalue weighted by Crippen LogP contribution is -1.89. The van der Waals surface area contributed by atoms with Crippen LogP contribution in [0, 0.1) is 0 Å². The fourth-order valence-electron chi connectivity index (χ4n) is 0.551. The van der Waals surface area contributed by atoms with Crippen molar-refractivity contribution in [3.63, 3.8) is 0 Å². The Bertz CT molecular complexity index is 296. The quantitative estimate of drug-likeness (QED) is 0.332. The molecule has 0 saturated heterocycles. The second-order valence-corrected chi connectivity index (χ2v) is 2.23. The third-order valence-electron chi connectivity index (χ3n) is 0.931. The van der Waals surface area contributed by atoms with Crippen molar-refractivity contribution >= 4 is 34.8 Å². The first kappa shape index (κ1) is 8.14. The molecule has 3 nitrogen and oxygen atoms in total. The van der Waals surface area contributed by atoms with Gasteiger partial charge in [0.25, 0.3) is 0 Å². The number of aromatic nitrogens is 1. The molecule has 0 fully saturated rings. The fourth-order valence-corrected chi connectivity index (χ4v) is 0.760. The predicted octanol–water partition coefficient (Wildman–Crippen LogP) is 2.16.